The van der Waals surface area contributed by atoms with Gasteiger partial charge in [-0.2, -0.15) is 13.2 Å². The molecule has 0 spiro atoms. The van der Waals surface area contributed by atoms with Crippen molar-refractivity contribution in [1.82, 2.24) is 14.7 Å². The summed E-state index contributed by atoms with van der Waals surface area (Å²) in [4.78, 5) is 22.1. The predicted molar refractivity (Wildman–Crippen MR) is 147 cm³/mol. The van der Waals surface area contributed by atoms with Crippen molar-refractivity contribution in [2.45, 2.75) is 26.1 Å². The molecule has 0 saturated carbocycles. The van der Waals surface area contributed by atoms with E-state index in [2.05, 4.69) is 53.6 Å². The summed E-state index contributed by atoms with van der Waals surface area (Å²) in [5, 5.41) is 4.02. The number of pyridine rings is 1. The second-order valence-corrected chi connectivity index (χ2v) is 9.99. The van der Waals surface area contributed by atoms with Gasteiger partial charge in [-0.15, -0.1) is 9.24 Å². The molecule has 1 N–H and O–H groups in total. The number of piperazine rings is 1. The van der Waals surface area contributed by atoms with Gasteiger partial charge in [0.1, 0.15) is 11.3 Å². The molecule has 1 aliphatic rings. The summed E-state index contributed by atoms with van der Waals surface area (Å²) in [5.74, 6) is -0.455. The van der Waals surface area contributed by atoms with Gasteiger partial charge in [-0.3, -0.25) is 9.20 Å². The van der Waals surface area contributed by atoms with Crippen molar-refractivity contribution in [1.29, 1.82) is 0 Å². The maximum atomic E-state index is 13.2. The number of rotatable bonds is 6. The number of aryl methyl sites for hydroxylation is 1. The molecule has 1 saturated heterocycles. The number of nitrogens with one attached hydrogen (secondary N) is 1. The van der Waals surface area contributed by atoms with Crippen LogP contribution in [0.25, 0.3) is 5.65 Å². The zero-order chi connectivity index (χ0) is 26.9. The predicted octanol–water partition coefficient (Wildman–Crippen LogP) is 4.67. The van der Waals surface area contributed by atoms with Gasteiger partial charge in [0.2, 0.25) is 0 Å². The van der Waals surface area contributed by atoms with Gasteiger partial charge in [0.15, 0.2) is 0 Å². The highest BCUT2D eigenvalue weighted by Crippen LogP contribution is 2.30. The van der Waals surface area contributed by atoms with Crippen molar-refractivity contribution >= 4 is 37.5 Å². The van der Waals surface area contributed by atoms with Crippen LogP contribution in [0.15, 0.2) is 66.9 Å². The fraction of sp³-hybridized carbons (Fsp3) is 0.286. The van der Waals surface area contributed by atoms with Gasteiger partial charge in [0.05, 0.1) is 11.3 Å². The third-order valence-corrected chi connectivity index (χ3v) is 7.25. The van der Waals surface area contributed by atoms with Gasteiger partial charge in [-0.05, 0) is 53.7 Å². The average Bonchev–Trinajstić information content (AvgIpc) is 3.30. The number of imidazole rings is 1. The lowest BCUT2D eigenvalue weighted by molar-refractivity contribution is -0.137. The number of hydrogen-bond donors (Lipinski definition) is 1. The third kappa shape index (κ3) is 5.48. The summed E-state index contributed by atoms with van der Waals surface area (Å²) >= 11 is 0. The van der Waals surface area contributed by atoms with E-state index in [0.29, 0.717) is 17.8 Å². The summed E-state index contributed by atoms with van der Waals surface area (Å²) < 4.78 is 41.0. The molecule has 4 aromatic rings. The Morgan fingerprint density at radius 3 is 2.05 bits per heavy atom. The number of benzene rings is 2. The lowest BCUT2D eigenvalue weighted by Crippen LogP contribution is -2.46. The van der Waals surface area contributed by atoms with Crippen LogP contribution in [0.1, 0.15) is 34.2 Å². The van der Waals surface area contributed by atoms with Crippen molar-refractivity contribution < 1.29 is 18.0 Å². The number of aromatic nitrogens is 2. The molecule has 0 bridgehead atoms. The number of amides is 1. The molecule has 5 rings (SSSR count). The standard InChI is InChI=1S/C28H29F3N5OP/c1-2-24-26(36-18-20(28(29,30)31)5-12-25(36)33-24)27(37)32-17-19-3-6-21(7-4-19)34-13-15-35(16-14-34)22-8-10-23(38)11-9-22/h3-12,18H,2,13-17,38H2,1H3,(H,32,37). The number of nitrogens with zero attached hydrogens (tertiary/aromatic N) is 4. The highest BCUT2D eigenvalue weighted by atomic mass is 31.0. The first-order valence-corrected chi connectivity index (χ1v) is 13.1. The molecule has 198 valence electrons. The number of fused-ring (bicyclic) bond motifs is 1. The van der Waals surface area contributed by atoms with E-state index in [4.69, 9.17) is 0 Å². The topological polar surface area (TPSA) is 52.9 Å². The van der Waals surface area contributed by atoms with Crippen molar-refractivity contribution in [3.63, 3.8) is 0 Å². The van der Waals surface area contributed by atoms with Crippen molar-refractivity contribution in [3.8, 4) is 0 Å². The normalized spacial score (nSPS) is 14.2. The fourth-order valence-corrected chi connectivity index (χ4v) is 4.94. The lowest BCUT2D eigenvalue weighted by Gasteiger charge is -2.37. The monoisotopic (exact) mass is 539 g/mol. The van der Waals surface area contributed by atoms with Crippen molar-refractivity contribution in [2.24, 2.45) is 0 Å². The molecular formula is C28H29F3N5OP. The lowest BCUT2D eigenvalue weighted by atomic mass is 10.1. The Labute approximate surface area is 221 Å². The number of anilines is 2. The molecule has 10 heteroatoms. The molecule has 1 fully saturated rings. The van der Waals surface area contributed by atoms with E-state index in [1.165, 1.54) is 21.5 Å². The minimum atomic E-state index is -4.51. The van der Waals surface area contributed by atoms with E-state index in [-0.39, 0.29) is 12.2 Å². The Kier molecular flexibility index (Phi) is 7.30. The zero-order valence-electron chi connectivity index (χ0n) is 21.0. The summed E-state index contributed by atoms with van der Waals surface area (Å²) in [7, 11) is 2.71. The number of alkyl halides is 3. The van der Waals surface area contributed by atoms with Gasteiger partial charge < -0.3 is 15.1 Å². The van der Waals surface area contributed by atoms with E-state index in [0.717, 1.165) is 49.7 Å². The first-order valence-electron chi connectivity index (χ1n) is 12.5. The largest absolute Gasteiger partial charge is 0.417 e. The van der Waals surface area contributed by atoms with E-state index in [1.807, 2.05) is 31.2 Å². The molecular weight excluding hydrogens is 510 g/mol. The Bertz CT molecular complexity index is 1430. The molecule has 1 atom stereocenters. The molecule has 0 aliphatic carbocycles. The molecule has 2 aromatic heterocycles. The molecule has 1 amide bonds. The smallest absolute Gasteiger partial charge is 0.368 e. The van der Waals surface area contributed by atoms with Crippen LogP contribution in [0, 0.1) is 0 Å². The SMILES string of the molecule is CCc1nc2ccc(C(F)(F)F)cn2c1C(=O)NCc1ccc(N2CCN(c3ccc(P)cc3)CC2)cc1. The van der Waals surface area contributed by atoms with E-state index in [9.17, 15) is 18.0 Å². The van der Waals surface area contributed by atoms with E-state index < -0.39 is 17.6 Å². The maximum absolute atomic E-state index is 13.2. The fourth-order valence-electron chi connectivity index (χ4n) is 4.75. The molecule has 0 radical (unpaired) electrons. The van der Waals surface area contributed by atoms with Gasteiger partial charge >= 0.3 is 6.18 Å². The van der Waals surface area contributed by atoms with Crippen LogP contribution in [0.3, 0.4) is 0 Å². The second-order valence-electron chi connectivity index (χ2n) is 9.32. The van der Waals surface area contributed by atoms with Crippen LogP contribution in [-0.2, 0) is 19.1 Å². The van der Waals surface area contributed by atoms with Crippen LogP contribution >= 0.6 is 9.24 Å². The minimum Gasteiger partial charge on any atom is -0.368 e. The third-order valence-electron chi connectivity index (χ3n) is 6.86. The Morgan fingerprint density at radius 1 is 0.921 bits per heavy atom. The van der Waals surface area contributed by atoms with Gasteiger partial charge in [0.25, 0.3) is 5.91 Å². The average molecular weight is 540 g/mol. The van der Waals surface area contributed by atoms with Crippen LogP contribution in [-0.4, -0.2) is 41.5 Å². The van der Waals surface area contributed by atoms with Gasteiger partial charge in [0, 0.05) is 50.3 Å². The maximum Gasteiger partial charge on any atom is 0.417 e. The minimum absolute atomic E-state index is 0.135. The van der Waals surface area contributed by atoms with Crippen molar-refractivity contribution in [2.75, 3.05) is 36.0 Å². The van der Waals surface area contributed by atoms with Crippen LogP contribution in [0.5, 0.6) is 0 Å². The Hall–Kier alpha value is -3.58. The van der Waals surface area contributed by atoms with Crippen LogP contribution < -0.4 is 20.4 Å². The molecule has 3 heterocycles. The number of hydrogen-bond acceptors (Lipinski definition) is 4. The highest BCUT2D eigenvalue weighted by Gasteiger charge is 2.32. The Morgan fingerprint density at radius 2 is 1.50 bits per heavy atom. The molecule has 1 aliphatic heterocycles. The number of halogens is 3. The number of carbonyl (C=O) groups excluding carboxylic acids is 1. The summed E-state index contributed by atoms with van der Waals surface area (Å²) in [6, 6.07) is 18.8. The molecule has 1 unspecified atom stereocenters. The first-order chi connectivity index (χ1) is 18.2. The summed E-state index contributed by atoms with van der Waals surface area (Å²) in [6.07, 6.45) is -3.15. The Balaban J connectivity index is 1.22. The number of carbonyl (C=O) groups is 1. The van der Waals surface area contributed by atoms with Gasteiger partial charge in [-0.1, -0.05) is 31.2 Å². The van der Waals surface area contributed by atoms with E-state index >= 15 is 0 Å². The molecule has 6 nitrogen and oxygen atoms in total. The highest BCUT2D eigenvalue weighted by molar-refractivity contribution is 7.27. The van der Waals surface area contributed by atoms with Gasteiger partial charge in [-0.25, -0.2) is 4.98 Å². The summed E-state index contributed by atoms with van der Waals surface area (Å²) in [6.45, 7) is 5.77. The summed E-state index contributed by atoms with van der Waals surface area (Å²) in [5.41, 5.74) is 3.33. The second kappa shape index (κ2) is 10.7. The first kappa shape index (κ1) is 26.0. The van der Waals surface area contributed by atoms with Crippen LogP contribution in [0.2, 0.25) is 0 Å². The van der Waals surface area contributed by atoms with Crippen LogP contribution in [0.4, 0.5) is 24.5 Å². The van der Waals surface area contributed by atoms with E-state index in [1.54, 1.807) is 0 Å². The molecule has 38 heavy (non-hydrogen) atoms. The zero-order valence-corrected chi connectivity index (χ0v) is 22.2. The molecule has 2 aromatic carbocycles. The van der Waals surface area contributed by atoms with Crippen molar-refractivity contribution in [3.05, 3.63) is 89.4 Å². The quantitative estimate of drug-likeness (QED) is 0.362.